The number of hydrogen-bond donors (Lipinski definition) is 1. The van der Waals surface area contributed by atoms with E-state index in [1.165, 1.54) is 37.6 Å². The molecular formula is C13H10BrFN2O3. The van der Waals surface area contributed by atoms with Crippen molar-refractivity contribution < 1.29 is 18.7 Å². The third-order valence-corrected chi connectivity index (χ3v) is 2.99. The molecule has 5 nitrogen and oxygen atoms in total. The van der Waals surface area contributed by atoms with E-state index in [9.17, 15) is 9.18 Å². The summed E-state index contributed by atoms with van der Waals surface area (Å²) in [7, 11) is 1.24. The molecule has 104 valence electrons. The van der Waals surface area contributed by atoms with Gasteiger partial charge in [-0.05, 0) is 40.2 Å². The number of aromatic nitrogens is 1. The van der Waals surface area contributed by atoms with Crippen LogP contribution in [0.3, 0.4) is 0 Å². The molecule has 1 aromatic carbocycles. The van der Waals surface area contributed by atoms with E-state index in [2.05, 4.69) is 25.7 Å². The summed E-state index contributed by atoms with van der Waals surface area (Å²) in [5.41, 5.74) is 5.97. The number of nitrogens with zero attached hydrogens (tertiary/aromatic N) is 1. The lowest BCUT2D eigenvalue weighted by Crippen LogP contribution is -2.06. The number of halogens is 2. The molecule has 0 bridgehead atoms. The molecule has 7 heteroatoms. The van der Waals surface area contributed by atoms with Gasteiger partial charge in [-0.15, -0.1) is 0 Å². The van der Waals surface area contributed by atoms with Crippen molar-refractivity contribution in [1.82, 2.24) is 4.98 Å². The summed E-state index contributed by atoms with van der Waals surface area (Å²) >= 11 is 3.05. The molecule has 0 saturated heterocycles. The minimum absolute atomic E-state index is 0.0320. The van der Waals surface area contributed by atoms with Crippen molar-refractivity contribution in [2.45, 2.75) is 0 Å². The van der Waals surface area contributed by atoms with E-state index in [1.54, 1.807) is 0 Å². The van der Waals surface area contributed by atoms with Crippen LogP contribution < -0.4 is 10.5 Å². The molecule has 2 aromatic rings. The lowest BCUT2D eigenvalue weighted by molar-refractivity contribution is 0.0597. The number of methoxy groups -OCH3 is 1. The molecule has 0 spiro atoms. The molecule has 1 aromatic heterocycles. The second kappa shape index (κ2) is 5.87. The van der Waals surface area contributed by atoms with Crippen LogP contribution in [0.5, 0.6) is 11.6 Å². The van der Waals surface area contributed by atoms with Gasteiger partial charge in [-0.2, -0.15) is 0 Å². The van der Waals surface area contributed by atoms with Gasteiger partial charge in [0.25, 0.3) is 0 Å². The van der Waals surface area contributed by atoms with Crippen LogP contribution >= 0.6 is 15.9 Å². The SMILES string of the molecule is COC(=O)c1cc(N)cnc1Oc1ccc(F)c(Br)c1. The summed E-state index contributed by atoms with van der Waals surface area (Å²) in [6.07, 6.45) is 1.35. The highest BCUT2D eigenvalue weighted by molar-refractivity contribution is 9.10. The zero-order valence-electron chi connectivity index (χ0n) is 10.4. The Kier molecular flexibility index (Phi) is 4.19. The molecule has 0 unspecified atom stereocenters. The average Bonchev–Trinajstić information content (AvgIpc) is 2.44. The van der Waals surface area contributed by atoms with E-state index >= 15 is 0 Å². The van der Waals surface area contributed by atoms with E-state index in [4.69, 9.17) is 10.5 Å². The van der Waals surface area contributed by atoms with Gasteiger partial charge in [-0.1, -0.05) is 0 Å². The maximum Gasteiger partial charge on any atom is 0.343 e. The highest BCUT2D eigenvalue weighted by Gasteiger charge is 2.16. The standard InChI is InChI=1S/C13H10BrFN2O3/c1-19-13(18)9-4-7(16)6-17-12(9)20-8-2-3-11(15)10(14)5-8/h2-6H,16H2,1H3. The van der Waals surface area contributed by atoms with Crippen LogP contribution in [0.4, 0.5) is 10.1 Å². The molecule has 0 aliphatic heterocycles. The van der Waals surface area contributed by atoms with E-state index in [1.807, 2.05) is 0 Å². The molecule has 0 aliphatic carbocycles. The molecular weight excluding hydrogens is 331 g/mol. The molecule has 0 aliphatic rings. The van der Waals surface area contributed by atoms with Gasteiger partial charge in [-0.25, -0.2) is 14.2 Å². The Morgan fingerprint density at radius 1 is 1.40 bits per heavy atom. The number of carbonyl (C=O) groups excluding carboxylic acids is 1. The number of anilines is 1. The van der Waals surface area contributed by atoms with Gasteiger partial charge in [0.05, 0.1) is 23.5 Å². The summed E-state index contributed by atoms with van der Waals surface area (Å²) in [5.74, 6) is -0.693. The van der Waals surface area contributed by atoms with Gasteiger partial charge in [0, 0.05) is 0 Å². The zero-order valence-corrected chi connectivity index (χ0v) is 12.0. The molecule has 1 heterocycles. The Hall–Kier alpha value is -2.15. The second-order valence-corrected chi connectivity index (χ2v) is 4.65. The first-order chi connectivity index (χ1) is 9.51. The van der Waals surface area contributed by atoms with Crippen molar-refractivity contribution in [3.8, 4) is 11.6 Å². The van der Waals surface area contributed by atoms with Crippen LogP contribution in [0.15, 0.2) is 34.9 Å². The molecule has 0 radical (unpaired) electrons. The number of nitrogen functional groups attached to an aromatic ring is 1. The minimum Gasteiger partial charge on any atom is -0.465 e. The van der Waals surface area contributed by atoms with Crippen LogP contribution in [0.25, 0.3) is 0 Å². The van der Waals surface area contributed by atoms with Gasteiger partial charge in [0.1, 0.15) is 17.1 Å². The predicted molar refractivity (Wildman–Crippen MR) is 74.2 cm³/mol. The fourth-order valence-electron chi connectivity index (χ4n) is 1.46. The quantitative estimate of drug-likeness (QED) is 0.868. The van der Waals surface area contributed by atoms with E-state index in [-0.39, 0.29) is 15.9 Å². The minimum atomic E-state index is -0.624. The molecule has 2 rings (SSSR count). The smallest absolute Gasteiger partial charge is 0.343 e. The Morgan fingerprint density at radius 2 is 2.15 bits per heavy atom. The fourth-order valence-corrected chi connectivity index (χ4v) is 1.82. The van der Waals surface area contributed by atoms with Gasteiger partial charge >= 0.3 is 5.97 Å². The molecule has 0 amide bonds. The fraction of sp³-hybridized carbons (Fsp3) is 0.0769. The topological polar surface area (TPSA) is 74.4 Å². The number of esters is 1. The number of benzene rings is 1. The van der Waals surface area contributed by atoms with Crippen molar-refractivity contribution in [2.24, 2.45) is 0 Å². The van der Waals surface area contributed by atoms with Gasteiger partial charge in [0.15, 0.2) is 0 Å². The largest absolute Gasteiger partial charge is 0.465 e. The highest BCUT2D eigenvalue weighted by atomic mass is 79.9. The molecule has 0 fully saturated rings. The third kappa shape index (κ3) is 3.05. The first-order valence-corrected chi connectivity index (χ1v) is 6.27. The summed E-state index contributed by atoms with van der Waals surface area (Å²) in [4.78, 5) is 15.6. The molecule has 2 N–H and O–H groups in total. The Labute approximate surface area is 122 Å². The number of ether oxygens (including phenoxy) is 2. The average molecular weight is 341 g/mol. The number of hydrogen-bond acceptors (Lipinski definition) is 5. The predicted octanol–water partition coefficient (Wildman–Crippen LogP) is 3.14. The Morgan fingerprint density at radius 3 is 2.80 bits per heavy atom. The molecule has 0 atom stereocenters. The first kappa shape index (κ1) is 14.3. The Balaban J connectivity index is 2.37. The van der Waals surface area contributed by atoms with E-state index in [0.29, 0.717) is 11.4 Å². The maximum absolute atomic E-state index is 13.1. The highest BCUT2D eigenvalue weighted by Crippen LogP contribution is 2.28. The molecule has 20 heavy (non-hydrogen) atoms. The lowest BCUT2D eigenvalue weighted by atomic mass is 10.2. The van der Waals surface area contributed by atoms with Crippen LogP contribution in [0, 0.1) is 5.82 Å². The van der Waals surface area contributed by atoms with Crippen molar-refractivity contribution in [3.05, 3.63) is 46.3 Å². The number of pyridine rings is 1. The monoisotopic (exact) mass is 340 g/mol. The van der Waals surface area contributed by atoms with E-state index in [0.717, 1.165) is 0 Å². The third-order valence-electron chi connectivity index (χ3n) is 2.38. The van der Waals surface area contributed by atoms with Gasteiger partial charge < -0.3 is 15.2 Å². The van der Waals surface area contributed by atoms with Crippen molar-refractivity contribution in [2.75, 3.05) is 12.8 Å². The second-order valence-electron chi connectivity index (χ2n) is 3.79. The summed E-state index contributed by atoms with van der Waals surface area (Å²) in [5, 5.41) is 0. The van der Waals surface area contributed by atoms with Gasteiger partial charge in [-0.3, -0.25) is 0 Å². The molecule has 0 saturated carbocycles. The lowest BCUT2D eigenvalue weighted by Gasteiger charge is -2.09. The van der Waals surface area contributed by atoms with Crippen molar-refractivity contribution in [3.63, 3.8) is 0 Å². The van der Waals surface area contributed by atoms with Crippen molar-refractivity contribution >= 4 is 27.6 Å². The number of rotatable bonds is 3. The van der Waals surface area contributed by atoms with Crippen LogP contribution in [0.2, 0.25) is 0 Å². The van der Waals surface area contributed by atoms with Gasteiger partial charge in [0.2, 0.25) is 5.88 Å². The number of carbonyl (C=O) groups is 1. The van der Waals surface area contributed by atoms with Crippen LogP contribution in [-0.4, -0.2) is 18.1 Å². The number of nitrogens with two attached hydrogens (primary N) is 1. The Bertz CT molecular complexity index is 664. The first-order valence-electron chi connectivity index (χ1n) is 5.48. The normalized spacial score (nSPS) is 10.2. The zero-order chi connectivity index (χ0) is 14.7. The summed E-state index contributed by atoms with van der Waals surface area (Å²) in [6, 6.07) is 5.47. The van der Waals surface area contributed by atoms with Crippen molar-refractivity contribution in [1.29, 1.82) is 0 Å². The summed E-state index contributed by atoms with van der Waals surface area (Å²) < 4.78 is 23.5. The van der Waals surface area contributed by atoms with Crippen LogP contribution in [0.1, 0.15) is 10.4 Å². The van der Waals surface area contributed by atoms with E-state index < -0.39 is 11.8 Å². The summed E-state index contributed by atoms with van der Waals surface area (Å²) in [6.45, 7) is 0. The van der Waals surface area contributed by atoms with Crippen LogP contribution in [-0.2, 0) is 4.74 Å². The maximum atomic E-state index is 13.1.